The molecule has 0 aliphatic rings. The van der Waals surface area contributed by atoms with Gasteiger partial charge in [0.25, 0.3) is 0 Å². The highest BCUT2D eigenvalue weighted by Crippen LogP contribution is 2.14. The molecule has 1 amide bonds. The summed E-state index contributed by atoms with van der Waals surface area (Å²) in [6.45, 7) is 4.11. The van der Waals surface area contributed by atoms with Crippen LogP contribution in [0.25, 0.3) is 0 Å². The zero-order valence-corrected chi connectivity index (χ0v) is 13.4. The quantitative estimate of drug-likeness (QED) is 0.858. The molecule has 0 aliphatic carbocycles. The average Bonchev–Trinajstić information content (AvgIpc) is 2.48. The number of hydrogen-bond acceptors (Lipinski definition) is 2. The number of carboxylic acids is 1. The Morgan fingerprint density at radius 3 is 2.35 bits per heavy atom. The van der Waals surface area contributed by atoms with E-state index in [-0.39, 0.29) is 12.3 Å². The second-order valence-electron chi connectivity index (χ2n) is 5.75. The van der Waals surface area contributed by atoms with Crippen LogP contribution < -0.4 is 5.32 Å². The number of hydrogen-bond donors (Lipinski definition) is 2. The highest BCUT2D eigenvalue weighted by Gasteiger charge is 2.06. The molecule has 0 radical (unpaired) electrons. The van der Waals surface area contributed by atoms with E-state index in [9.17, 15) is 9.59 Å². The summed E-state index contributed by atoms with van der Waals surface area (Å²) in [4.78, 5) is 22.7. The molecule has 0 fully saturated rings. The molecule has 0 saturated carbocycles. The SMILES string of the molecule is Cc1ccc(CCC(=O)Nc2ccc(CC(=O)O)cc2)c(C)c1. The first-order valence-electron chi connectivity index (χ1n) is 7.61. The molecule has 2 aromatic carbocycles. The minimum Gasteiger partial charge on any atom is -0.481 e. The van der Waals surface area contributed by atoms with E-state index < -0.39 is 5.97 Å². The van der Waals surface area contributed by atoms with Crippen molar-refractivity contribution in [2.75, 3.05) is 5.32 Å². The van der Waals surface area contributed by atoms with Gasteiger partial charge in [-0.15, -0.1) is 0 Å². The average molecular weight is 311 g/mol. The molecule has 2 aromatic rings. The van der Waals surface area contributed by atoms with Gasteiger partial charge in [-0.05, 0) is 49.1 Å². The lowest BCUT2D eigenvalue weighted by Crippen LogP contribution is -2.12. The Hall–Kier alpha value is -2.62. The van der Waals surface area contributed by atoms with Crippen molar-refractivity contribution < 1.29 is 14.7 Å². The fourth-order valence-corrected chi connectivity index (χ4v) is 2.48. The molecule has 0 aromatic heterocycles. The van der Waals surface area contributed by atoms with E-state index in [1.807, 2.05) is 0 Å². The van der Waals surface area contributed by atoms with Crippen LogP contribution in [-0.4, -0.2) is 17.0 Å². The van der Waals surface area contributed by atoms with Crippen LogP contribution in [0.3, 0.4) is 0 Å². The van der Waals surface area contributed by atoms with Gasteiger partial charge < -0.3 is 10.4 Å². The first-order valence-corrected chi connectivity index (χ1v) is 7.61. The van der Waals surface area contributed by atoms with Gasteiger partial charge in [0.15, 0.2) is 0 Å². The maximum atomic E-state index is 12.0. The Balaban J connectivity index is 1.88. The Morgan fingerprint density at radius 2 is 1.74 bits per heavy atom. The molecule has 0 saturated heterocycles. The van der Waals surface area contributed by atoms with E-state index in [0.29, 0.717) is 24.1 Å². The number of anilines is 1. The van der Waals surface area contributed by atoms with E-state index in [4.69, 9.17) is 5.11 Å². The summed E-state index contributed by atoms with van der Waals surface area (Å²) in [6, 6.07) is 13.1. The fraction of sp³-hybridized carbons (Fsp3) is 0.263. The molecule has 0 unspecified atom stereocenters. The van der Waals surface area contributed by atoms with Crippen molar-refractivity contribution >= 4 is 17.6 Å². The molecule has 0 heterocycles. The van der Waals surface area contributed by atoms with Gasteiger partial charge in [-0.1, -0.05) is 35.9 Å². The van der Waals surface area contributed by atoms with E-state index in [0.717, 1.165) is 0 Å². The van der Waals surface area contributed by atoms with Gasteiger partial charge in [0.1, 0.15) is 0 Å². The van der Waals surface area contributed by atoms with Crippen molar-refractivity contribution in [3.63, 3.8) is 0 Å². The van der Waals surface area contributed by atoms with Gasteiger partial charge in [0.2, 0.25) is 5.91 Å². The van der Waals surface area contributed by atoms with Crippen LogP contribution in [-0.2, 0) is 22.4 Å². The molecular weight excluding hydrogens is 290 g/mol. The van der Waals surface area contributed by atoms with Gasteiger partial charge in [-0.25, -0.2) is 0 Å². The van der Waals surface area contributed by atoms with Gasteiger partial charge in [0, 0.05) is 12.1 Å². The van der Waals surface area contributed by atoms with Crippen molar-refractivity contribution in [3.8, 4) is 0 Å². The summed E-state index contributed by atoms with van der Waals surface area (Å²) in [7, 11) is 0. The molecule has 4 nitrogen and oxygen atoms in total. The lowest BCUT2D eigenvalue weighted by atomic mass is 10.0. The molecule has 0 atom stereocenters. The van der Waals surface area contributed by atoms with Crippen molar-refractivity contribution in [2.45, 2.75) is 33.1 Å². The second kappa shape index (κ2) is 7.58. The number of carbonyl (C=O) groups excluding carboxylic acids is 1. The molecule has 0 bridgehead atoms. The fourth-order valence-electron chi connectivity index (χ4n) is 2.48. The number of carbonyl (C=O) groups is 2. The first kappa shape index (κ1) is 16.7. The summed E-state index contributed by atoms with van der Waals surface area (Å²) in [5.74, 6) is -0.911. The number of rotatable bonds is 6. The Kier molecular flexibility index (Phi) is 5.52. The molecule has 23 heavy (non-hydrogen) atoms. The number of aliphatic carboxylic acids is 1. The normalized spacial score (nSPS) is 10.3. The van der Waals surface area contributed by atoms with Crippen LogP contribution >= 0.6 is 0 Å². The van der Waals surface area contributed by atoms with Crippen LogP contribution in [0.5, 0.6) is 0 Å². The zero-order valence-electron chi connectivity index (χ0n) is 13.4. The maximum absolute atomic E-state index is 12.0. The van der Waals surface area contributed by atoms with Gasteiger partial charge in [0.05, 0.1) is 6.42 Å². The van der Waals surface area contributed by atoms with Gasteiger partial charge in [-0.2, -0.15) is 0 Å². The predicted octanol–water partition coefficient (Wildman–Crippen LogP) is 3.50. The topological polar surface area (TPSA) is 66.4 Å². The molecule has 2 rings (SSSR count). The van der Waals surface area contributed by atoms with Crippen molar-refractivity contribution in [1.82, 2.24) is 0 Å². The van der Waals surface area contributed by atoms with E-state index in [1.54, 1.807) is 24.3 Å². The van der Waals surface area contributed by atoms with Crippen LogP contribution in [0.4, 0.5) is 5.69 Å². The van der Waals surface area contributed by atoms with Crippen LogP contribution in [0.15, 0.2) is 42.5 Å². The predicted molar refractivity (Wildman–Crippen MR) is 90.6 cm³/mol. The van der Waals surface area contributed by atoms with Gasteiger partial charge >= 0.3 is 5.97 Å². The molecule has 120 valence electrons. The monoisotopic (exact) mass is 311 g/mol. The summed E-state index contributed by atoms with van der Waals surface area (Å²) in [5.41, 5.74) is 5.01. The minimum absolute atomic E-state index is 0.0130. The third-order valence-corrected chi connectivity index (χ3v) is 3.71. The Morgan fingerprint density at radius 1 is 1.04 bits per heavy atom. The number of amides is 1. The molecule has 2 N–H and O–H groups in total. The zero-order chi connectivity index (χ0) is 16.8. The Labute approximate surface area is 136 Å². The number of benzene rings is 2. The molecule has 0 aliphatic heterocycles. The number of nitrogens with one attached hydrogen (secondary N) is 1. The molecular formula is C19H21NO3. The second-order valence-corrected chi connectivity index (χ2v) is 5.75. The van der Waals surface area contributed by atoms with Crippen LogP contribution in [0.1, 0.15) is 28.7 Å². The van der Waals surface area contributed by atoms with Crippen LogP contribution in [0.2, 0.25) is 0 Å². The third kappa shape index (κ3) is 5.25. The highest BCUT2D eigenvalue weighted by molar-refractivity contribution is 5.90. The number of aryl methyl sites for hydroxylation is 3. The number of carboxylic acid groups (broad SMARTS) is 1. The van der Waals surface area contributed by atoms with E-state index in [1.165, 1.54) is 16.7 Å². The smallest absolute Gasteiger partial charge is 0.307 e. The highest BCUT2D eigenvalue weighted by atomic mass is 16.4. The van der Waals surface area contributed by atoms with Gasteiger partial charge in [-0.3, -0.25) is 9.59 Å². The summed E-state index contributed by atoms with van der Waals surface area (Å²) in [6.07, 6.45) is 1.11. The van der Waals surface area contributed by atoms with E-state index in [2.05, 4.69) is 37.4 Å². The lowest BCUT2D eigenvalue weighted by Gasteiger charge is -2.08. The lowest BCUT2D eigenvalue weighted by molar-refractivity contribution is -0.136. The summed E-state index contributed by atoms with van der Waals surface area (Å²) < 4.78 is 0. The largest absolute Gasteiger partial charge is 0.481 e. The standard InChI is InChI=1S/C19H21NO3/c1-13-3-6-16(14(2)11-13)7-10-18(21)20-17-8-4-15(5-9-17)12-19(22)23/h3-6,8-9,11H,7,10,12H2,1-2H3,(H,20,21)(H,22,23). The maximum Gasteiger partial charge on any atom is 0.307 e. The molecule has 0 spiro atoms. The van der Waals surface area contributed by atoms with Crippen molar-refractivity contribution in [1.29, 1.82) is 0 Å². The summed E-state index contributed by atoms with van der Waals surface area (Å²) in [5, 5.41) is 11.6. The summed E-state index contributed by atoms with van der Waals surface area (Å²) >= 11 is 0. The van der Waals surface area contributed by atoms with Crippen molar-refractivity contribution in [3.05, 3.63) is 64.7 Å². The Bertz CT molecular complexity index is 705. The molecule has 4 heteroatoms. The minimum atomic E-state index is -0.866. The van der Waals surface area contributed by atoms with Crippen molar-refractivity contribution in [2.24, 2.45) is 0 Å². The van der Waals surface area contributed by atoms with E-state index >= 15 is 0 Å². The van der Waals surface area contributed by atoms with Crippen LogP contribution in [0, 0.1) is 13.8 Å². The third-order valence-electron chi connectivity index (χ3n) is 3.71. The first-order chi connectivity index (χ1) is 10.9.